The molecule has 0 radical (unpaired) electrons. The Morgan fingerprint density at radius 3 is 1.19 bits per heavy atom. The zero-order chi connectivity index (χ0) is 57.9. The second kappa shape index (κ2) is 38.9. The lowest BCUT2D eigenvalue weighted by Gasteiger charge is -2.37. The van der Waals surface area contributed by atoms with Crippen molar-refractivity contribution in [2.75, 3.05) is 165 Å². The van der Waals surface area contributed by atoms with Gasteiger partial charge >= 0.3 is 23.9 Å². The largest absolute Gasteiger partial charge is 0.459 e. The molecule has 0 aromatic carbocycles. The summed E-state index contributed by atoms with van der Waals surface area (Å²) < 4.78 is 55.2. The summed E-state index contributed by atoms with van der Waals surface area (Å²) in [6.07, 6.45) is 1.73. The normalized spacial score (nSPS) is 16.1. The highest BCUT2D eigenvalue weighted by molar-refractivity contribution is 5.81. The van der Waals surface area contributed by atoms with Gasteiger partial charge in [-0.2, -0.15) is 0 Å². The fourth-order valence-corrected chi connectivity index (χ4v) is 7.53. The number of esters is 4. The van der Waals surface area contributed by atoms with Crippen molar-refractivity contribution in [1.29, 1.82) is 0 Å². The Kier molecular flexibility index (Phi) is 36.1. The predicted molar refractivity (Wildman–Crippen MR) is 291 cm³/mol. The highest BCUT2D eigenvalue weighted by Crippen LogP contribution is 2.18. The number of hydrogen-bond donors (Lipinski definition) is 3. The van der Waals surface area contributed by atoms with Crippen molar-refractivity contribution in [2.45, 2.75) is 150 Å². The number of methoxy groups -OCH3 is 1. The maximum absolute atomic E-state index is 14.2. The van der Waals surface area contributed by atoms with Crippen LogP contribution in [0.1, 0.15) is 115 Å². The summed E-state index contributed by atoms with van der Waals surface area (Å²) >= 11 is 0. The minimum Gasteiger partial charge on any atom is -0.459 e. The molecule has 2 atom stereocenters. The van der Waals surface area contributed by atoms with Crippen molar-refractivity contribution in [1.82, 2.24) is 30.2 Å². The number of amides is 2. The van der Waals surface area contributed by atoms with E-state index in [9.17, 15) is 28.8 Å². The Balaban J connectivity index is 2.88. The molecule has 2 amide bonds. The summed E-state index contributed by atoms with van der Waals surface area (Å²) in [5.41, 5.74) is 3.21. The van der Waals surface area contributed by atoms with Crippen LogP contribution < -0.4 is 16.4 Å². The Labute approximate surface area is 461 Å². The van der Waals surface area contributed by atoms with E-state index in [0.717, 1.165) is 0 Å². The summed E-state index contributed by atoms with van der Waals surface area (Å²) in [5, 5.41) is 5.74. The van der Waals surface area contributed by atoms with Gasteiger partial charge in [-0.25, -0.2) is 0 Å². The number of ether oxygens (including phenoxy) is 10. The second-order valence-electron chi connectivity index (χ2n) is 23.0. The number of nitrogens with one attached hydrogen (secondary N) is 2. The van der Waals surface area contributed by atoms with Crippen LogP contribution in [0.5, 0.6) is 0 Å². The Hall–Kier alpha value is -3.62. The van der Waals surface area contributed by atoms with Gasteiger partial charge in [-0.15, -0.1) is 0 Å². The topological polar surface area (TPSA) is 258 Å². The second-order valence-corrected chi connectivity index (χ2v) is 23.0. The molecule has 1 saturated heterocycles. The minimum atomic E-state index is -0.862. The SMILES string of the molecule is COCCOCCOCCOCCOCCOCCNC(=O)C(N)CCCCNC(=O)CCC(C(=O)OC(C)(C)C)N1CCN(CC(=O)OC(C)(C)C)CCN(CC(=O)OC(C)(C)C)CCN(CC(=O)OC(C)(C)C)CC1. The van der Waals surface area contributed by atoms with Crippen LogP contribution in [0.2, 0.25) is 0 Å². The number of nitrogens with zero attached hydrogens (tertiary/aromatic N) is 4. The van der Waals surface area contributed by atoms with Crippen molar-refractivity contribution >= 4 is 35.7 Å². The lowest BCUT2D eigenvalue weighted by molar-refractivity contribution is -0.163. The van der Waals surface area contributed by atoms with Gasteiger partial charge in [0.1, 0.15) is 28.4 Å². The van der Waals surface area contributed by atoms with Crippen LogP contribution in [-0.4, -0.2) is 255 Å². The van der Waals surface area contributed by atoms with E-state index in [1.165, 1.54) is 0 Å². The number of unbranched alkanes of at least 4 members (excludes halogenated alkanes) is 1. The van der Waals surface area contributed by atoms with E-state index < -0.39 is 58.4 Å². The Bertz CT molecular complexity index is 1620. The van der Waals surface area contributed by atoms with E-state index in [4.69, 9.17) is 53.1 Å². The van der Waals surface area contributed by atoms with Crippen LogP contribution in [0.4, 0.5) is 0 Å². The average Bonchev–Trinajstić information content (AvgIpc) is 3.29. The third-order valence-electron chi connectivity index (χ3n) is 11.0. The molecule has 1 fully saturated rings. The molecule has 450 valence electrons. The van der Waals surface area contributed by atoms with E-state index in [1.54, 1.807) is 69.4 Å². The van der Waals surface area contributed by atoms with Crippen LogP contribution >= 0.6 is 0 Å². The van der Waals surface area contributed by atoms with Crippen LogP contribution in [0.3, 0.4) is 0 Å². The standard InChI is InChI=1S/C54H103N7O16/c1-51(2,3)74-46(63)40-58-21-23-59(41-47(64)75-52(4,5)6)25-27-61(28-26-60(24-22-58)42-48(65)76-53(7,8)9)44(50(67)77-54(10,11)12)17-18-45(62)56-19-15-14-16-43(55)49(66)57-20-29-69-32-33-71-36-37-73-39-38-72-35-34-70-31-30-68-13/h43-44H,14-42,55H2,1-13H3,(H,56,62)(H,57,66). The number of rotatable bonds is 35. The van der Waals surface area contributed by atoms with Gasteiger partial charge in [0.15, 0.2) is 0 Å². The lowest BCUT2D eigenvalue weighted by atomic mass is 10.1. The highest BCUT2D eigenvalue weighted by atomic mass is 16.6. The van der Waals surface area contributed by atoms with E-state index >= 15 is 0 Å². The number of carbonyl (C=O) groups excluding carboxylic acids is 6. The van der Waals surface area contributed by atoms with Gasteiger partial charge in [0, 0.05) is 79.0 Å². The van der Waals surface area contributed by atoms with Crippen molar-refractivity contribution in [3.05, 3.63) is 0 Å². The van der Waals surface area contributed by atoms with E-state index in [0.29, 0.717) is 157 Å². The zero-order valence-corrected chi connectivity index (χ0v) is 49.6. The van der Waals surface area contributed by atoms with Gasteiger partial charge < -0.3 is 63.7 Å². The maximum atomic E-state index is 14.2. The van der Waals surface area contributed by atoms with Crippen molar-refractivity contribution in [3.63, 3.8) is 0 Å². The highest BCUT2D eigenvalue weighted by Gasteiger charge is 2.33. The molecule has 23 nitrogen and oxygen atoms in total. The van der Waals surface area contributed by atoms with Crippen LogP contribution in [0, 0.1) is 0 Å². The molecule has 23 heteroatoms. The molecule has 1 aliphatic rings. The molecule has 1 aliphatic heterocycles. The molecule has 0 aromatic heterocycles. The van der Waals surface area contributed by atoms with Gasteiger partial charge in [-0.05, 0) is 109 Å². The molecule has 0 saturated carbocycles. The third-order valence-corrected chi connectivity index (χ3v) is 11.0. The van der Waals surface area contributed by atoms with Crippen molar-refractivity contribution in [2.24, 2.45) is 5.73 Å². The fraction of sp³-hybridized carbons (Fsp3) is 0.889. The molecule has 1 heterocycles. The summed E-state index contributed by atoms with van der Waals surface area (Å²) in [4.78, 5) is 87.6. The summed E-state index contributed by atoms with van der Waals surface area (Å²) in [6.45, 7) is 29.9. The molecule has 0 bridgehead atoms. The average molecular weight is 1110 g/mol. The molecule has 0 aromatic rings. The third kappa shape index (κ3) is 41.1. The molecule has 77 heavy (non-hydrogen) atoms. The molecular formula is C54H103N7O16. The quantitative estimate of drug-likeness (QED) is 0.0467. The summed E-state index contributed by atoms with van der Waals surface area (Å²) in [7, 11) is 1.63. The van der Waals surface area contributed by atoms with Gasteiger partial charge in [0.2, 0.25) is 11.8 Å². The first kappa shape index (κ1) is 71.4. The monoisotopic (exact) mass is 1110 g/mol. The fourth-order valence-electron chi connectivity index (χ4n) is 7.53. The van der Waals surface area contributed by atoms with Crippen molar-refractivity contribution < 1.29 is 76.1 Å². The molecular weight excluding hydrogens is 1000 g/mol. The molecule has 2 unspecified atom stereocenters. The Morgan fingerprint density at radius 2 is 0.818 bits per heavy atom. The molecule has 0 spiro atoms. The van der Waals surface area contributed by atoms with Gasteiger partial charge in [-0.3, -0.25) is 48.4 Å². The van der Waals surface area contributed by atoms with Gasteiger partial charge in [0.05, 0.1) is 98.4 Å². The van der Waals surface area contributed by atoms with E-state index in [-0.39, 0.29) is 44.3 Å². The number of carbonyl (C=O) groups is 6. The first-order valence-electron chi connectivity index (χ1n) is 27.5. The zero-order valence-electron chi connectivity index (χ0n) is 49.6. The van der Waals surface area contributed by atoms with Gasteiger partial charge in [-0.1, -0.05) is 0 Å². The molecule has 1 rings (SSSR count). The van der Waals surface area contributed by atoms with E-state index in [1.807, 2.05) is 40.4 Å². The minimum absolute atomic E-state index is 0.00308. The number of hydrogen-bond acceptors (Lipinski definition) is 21. The smallest absolute Gasteiger partial charge is 0.323 e. The van der Waals surface area contributed by atoms with E-state index in [2.05, 4.69) is 10.6 Å². The summed E-state index contributed by atoms with van der Waals surface area (Å²) in [5.74, 6) is -2.28. The lowest BCUT2D eigenvalue weighted by Crippen LogP contribution is -2.53. The van der Waals surface area contributed by atoms with Crippen LogP contribution in [-0.2, 0) is 76.1 Å². The number of nitrogens with two attached hydrogens (primary N) is 1. The first-order chi connectivity index (χ1) is 36.1. The van der Waals surface area contributed by atoms with Crippen molar-refractivity contribution in [3.8, 4) is 0 Å². The van der Waals surface area contributed by atoms with Crippen LogP contribution in [0.25, 0.3) is 0 Å². The predicted octanol–water partition coefficient (Wildman–Crippen LogP) is 2.18. The molecule has 4 N–H and O–H groups in total. The first-order valence-corrected chi connectivity index (χ1v) is 27.5. The maximum Gasteiger partial charge on any atom is 0.323 e. The van der Waals surface area contributed by atoms with Crippen LogP contribution in [0.15, 0.2) is 0 Å². The summed E-state index contributed by atoms with van der Waals surface area (Å²) in [6, 6.07) is -1.59. The molecule has 0 aliphatic carbocycles. The van der Waals surface area contributed by atoms with Gasteiger partial charge in [0.25, 0.3) is 0 Å². The Morgan fingerprint density at radius 1 is 0.455 bits per heavy atom.